The van der Waals surface area contributed by atoms with E-state index in [9.17, 15) is 14.0 Å². The highest BCUT2D eigenvalue weighted by molar-refractivity contribution is 5.84. The van der Waals surface area contributed by atoms with Gasteiger partial charge in [-0.25, -0.2) is 4.39 Å². The first-order valence-electron chi connectivity index (χ1n) is 6.35. The molecule has 0 bridgehead atoms. The number of benzene rings is 1. The summed E-state index contributed by atoms with van der Waals surface area (Å²) in [5.41, 5.74) is 0.425. The number of carbonyl (C=O) groups is 2. The van der Waals surface area contributed by atoms with Gasteiger partial charge in [0.05, 0.1) is 13.5 Å². The molecule has 108 valence electrons. The topological polar surface area (TPSA) is 66.8 Å². The van der Waals surface area contributed by atoms with Crippen LogP contribution in [0.1, 0.15) is 18.4 Å². The SMILES string of the molecule is COc1ccc(F)cc1CC(=O)N(CC(=O)O)C1CC1. The number of halogens is 1. The number of methoxy groups -OCH3 is 1. The van der Waals surface area contributed by atoms with Crippen LogP contribution < -0.4 is 4.74 Å². The molecule has 0 unspecified atom stereocenters. The lowest BCUT2D eigenvalue weighted by Crippen LogP contribution is -2.38. The maximum atomic E-state index is 13.2. The molecule has 1 aliphatic carbocycles. The number of ether oxygens (including phenoxy) is 1. The van der Waals surface area contributed by atoms with Crippen LogP contribution in [0.2, 0.25) is 0 Å². The summed E-state index contributed by atoms with van der Waals surface area (Å²) >= 11 is 0. The minimum absolute atomic E-state index is 0.00171. The molecule has 20 heavy (non-hydrogen) atoms. The second-order valence-electron chi connectivity index (χ2n) is 4.78. The predicted molar refractivity (Wildman–Crippen MR) is 69.0 cm³/mol. The average molecular weight is 281 g/mol. The molecule has 5 nitrogen and oxygen atoms in total. The van der Waals surface area contributed by atoms with Crippen molar-refractivity contribution >= 4 is 11.9 Å². The Balaban J connectivity index is 2.13. The van der Waals surface area contributed by atoms with Gasteiger partial charge in [0.15, 0.2) is 0 Å². The largest absolute Gasteiger partial charge is 0.496 e. The maximum absolute atomic E-state index is 13.2. The normalized spacial score (nSPS) is 13.9. The van der Waals surface area contributed by atoms with E-state index < -0.39 is 11.8 Å². The Morgan fingerprint density at radius 2 is 2.15 bits per heavy atom. The standard InChI is InChI=1S/C14H16FNO4/c1-20-12-5-2-10(15)6-9(12)7-13(17)16(8-14(18)19)11-3-4-11/h2,5-6,11H,3-4,7-8H2,1H3,(H,18,19). The number of aliphatic carboxylic acids is 1. The number of hydrogen-bond acceptors (Lipinski definition) is 3. The summed E-state index contributed by atoms with van der Waals surface area (Å²) < 4.78 is 18.3. The number of carbonyl (C=O) groups excluding carboxylic acids is 1. The third kappa shape index (κ3) is 3.46. The van der Waals surface area contributed by atoms with Gasteiger partial charge in [-0.15, -0.1) is 0 Å². The lowest BCUT2D eigenvalue weighted by atomic mass is 10.1. The molecule has 6 heteroatoms. The third-order valence-electron chi connectivity index (χ3n) is 3.20. The molecular formula is C14H16FNO4. The fourth-order valence-electron chi connectivity index (χ4n) is 2.10. The summed E-state index contributed by atoms with van der Waals surface area (Å²) in [5.74, 6) is -1.40. The molecule has 0 aromatic heterocycles. The highest BCUT2D eigenvalue weighted by Gasteiger charge is 2.33. The molecule has 0 saturated heterocycles. The van der Waals surface area contributed by atoms with Crippen molar-refractivity contribution in [3.63, 3.8) is 0 Å². The van der Waals surface area contributed by atoms with Gasteiger partial charge >= 0.3 is 5.97 Å². The zero-order valence-corrected chi connectivity index (χ0v) is 11.1. The van der Waals surface area contributed by atoms with Crippen LogP contribution in [0.4, 0.5) is 4.39 Å². The number of amides is 1. The van der Waals surface area contributed by atoms with Gasteiger partial charge in [-0.05, 0) is 31.0 Å². The van der Waals surface area contributed by atoms with Crippen molar-refractivity contribution < 1.29 is 23.8 Å². The summed E-state index contributed by atoms with van der Waals surface area (Å²) in [7, 11) is 1.44. The van der Waals surface area contributed by atoms with Gasteiger partial charge in [-0.3, -0.25) is 9.59 Å². The zero-order chi connectivity index (χ0) is 14.7. The summed E-state index contributed by atoms with van der Waals surface area (Å²) in [6.07, 6.45) is 1.57. The second-order valence-corrected chi connectivity index (χ2v) is 4.78. The molecule has 0 radical (unpaired) electrons. The lowest BCUT2D eigenvalue weighted by molar-refractivity contribution is -0.144. The van der Waals surface area contributed by atoms with Gasteiger partial charge in [-0.2, -0.15) is 0 Å². The van der Waals surface area contributed by atoms with Crippen molar-refractivity contribution in [3.8, 4) is 5.75 Å². The first kappa shape index (κ1) is 14.3. The third-order valence-corrected chi connectivity index (χ3v) is 3.20. The molecule has 1 fully saturated rings. The van der Waals surface area contributed by atoms with Crippen LogP contribution in [0.5, 0.6) is 5.75 Å². The van der Waals surface area contributed by atoms with Crippen molar-refractivity contribution in [2.24, 2.45) is 0 Å². The van der Waals surface area contributed by atoms with Gasteiger partial charge in [0.2, 0.25) is 5.91 Å². The van der Waals surface area contributed by atoms with Crippen LogP contribution in [0, 0.1) is 5.82 Å². The molecule has 0 aliphatic heterocycles. The Morgan fingerprint density at radius 3 is 2.70 bits per heavy atom. The maximum Gasteiger partial charge on any atom is 0.323 e. The van der Waals surface area contributed by atoms with E-state index in [4.69, 9.17) is 9.84 Å². The van der Waals surface area contributed by atoms with Crippen LogP contribution in [0.25, 0.3) is 0 Å². The molecule has 0 atom stereocenters. The molecular weight excluding hydrogens is 265 g/mol. The monoisotopic (exact) mass is 281 g/mol. The van der Waals surface area contributed by atoms with Gasteiger partial charge in [0.25, 0.3) is 0 Å². The van der Waals surface area contributed by atoms with Crippen molar-refractivity contribution in [3.05, 3.63) is 29.6 Å². The van der Waals surface area contributed by atoms with Crippen molar-refractivity contribution in [2.45, 2.75) is 25.3 Å². The molecule has 1 N–H and O–H groups in total. The predicted octanol–water partition coefficient (Wildman–Crippen LogP) is 1.45. The van der Waals surface area contributed by atoms with E-state index in [1.807, 2.05) is 0 Å². The Kier molecular flexibility index (Phi) is 4.22. The molecule has 0 heterocycles. The molecule has 1 saturated carbocycles. The van der Waals surface area contributed by atoms with E-state index in [0.29, 0.717) is 11.3 Å². The molecule has 1 aliphatic rings. The van der Waals surface area contributed by atoms with E-state index in [0.717, 1.165) is 12.8 Å². The number of nitrogens with zero attached hydrogens (tertiary/aromatic N) is 1. The molecule has 1 aromatic rings. The highest BCUT2D eigenvalue weighted by atomic mass is 19.1. The zero-order valence-electron chi connectivity index (χ0n) is 11.1. The highest BCUT2D eigenvalue weighted by Crippen LogP contribution is 2.28. The minimum Gasteiger partial charge on any atom is -0.496 e. The fraction of sp³-hybridized carbons (Fsp3) is 0.429. The molecule has 2 rings (SSSR count). The smallest absolute Gasteiger partial charge is 0.323 e. The minimum atomic E-state index is -1.04. The summed E-state index contributed by atoms with van der Waals surface area (Å²) in [6, 6.07) is 3.94. The van der Waals surface area contributed by atoms with E-state index in [1.54, 1.807) is 0 Å². The Labute approximate surface area is 116 Å². The quantitative estimate of drug-likeness (QED) is 0.857. The van der Waals surface area contributed by atoms with Crippen LogP contribution in [-0.2, 0) is 16.0 Å². The van der Waals surface area contributed by atoms with Crippen LogP contribution in [-0.4, -0.2) is 41.6 Å². The molecule has 1 amide bonds. The first-order chi connectivity index (χ1) is 9.51. The Morgan fingerprint density at radius 1 is 1.45 bits per heavy atom. The second kappa shape index (κ2) is 5.90. The van der Waals surface area contributed by atoms with Crippen LogP contribution in [0.3, 0.4) is 0 Å². The van der Waals surface area contributed by atoms with Gasteiger partial charge in [0, 0.05) is 11.6 Å². The Hall–Kier alpha value is -2.11. The van der Waals surface area contributed by atoms with Crippen LogP contribution in [0.15, 0.2) is 18.2 Å². The van der Waals surface area contributed by atoms with Gasteiger partial charge in [-0.1, -0.05) is 0 Å². The number of carboxylic acids is 1. The van der Waals surface area contributed by atoms with E-state index in [2.05, 4.69) is 0 Å². The van der Waals surface area contributed by atoms with Gasteiger partial charge < -0.3 is 14.7 Å². The van der Waals surface area contributed by atoms with Gasteiger partial charge in [0.1, 0.15) is 18.1 Å². The number of hydrogen-bond donors (Lipinski definition) is 1. The number of rotatable bonds is 6. The first-order valence-corrected chi connectivity index (χ1v) is 6.35. The average Bonchev–Trinajstić information content (AvgIpc) is 3.20. The summed E-state index contributed by atoms with van der Waals surface area (Å²) in [5, 5.41) is 8.84. The van der Waals surface area contributed by atoms with E-state index in [1.165, 1.54) is 30.2 Å². The summed E-state index contributed by atoms with van der Waals surface area (Å²) in [6.45, 7) is -0.318. The molecule has 1 aromatic carbocycles. The summed E-state index contributed by atoms with van der Waals surface area (Å²) in [4.78, 5) is 24.3. The number of carboxylic acid groups (broad SMARTS) is 1. The van der Waals surface area contributed by atoms with Crippen molar-refractivity contribution in [1.29, 1.82) is 0 Å². The van der Waals surface area contributed by atoms with Crippen LogP contribution >= 0.6 is 0 Å². The van der Waals surface area contributed by atoms with E-state index in [-0.39, 0.29) is 24.9 Å². The van der Waals surface area contributed by atoms with E-state index >= 15 is 0 Å². The fourth-order valence-corrected chi connectivity index (χ4v) is 2.10. The lowest BCUT2D eigenvalue weighted by Gasteiger charge is -2.20. The van der Waals surface area contributed by atoms with Crippen molar-refractivity contribution in [1.82, 2.24) is 4.90 Å². The van der Waals surface area contributed by atoms with Crippen molar-refractivity contribution in [2.75, 3.05) is 13.7 Å². The Bertz CT molecular complexity index is 528. The molecule has 0 spiro atoms.